The molecule has 1 aromatic heterocycles. The van der Waals surface area contributed by atoms with Crippen molar-refractivity contribution >= 4 is 25.0 Å². The molecule has 188 valence electrons. The van der Waals surface area contributed by atoms with Crippen LogP contribution in [-0.2, 0) is 26.7 Å². The lowest BCUT2D eigenvalue weighted by atomic mass is 9.94. The van der Waals surface area contributed by atoms with Gasteiger partial charge in [-0.05, 0) is 64.7 Å². The highest BCUT2D eigenvalue weighted by Crippen LogP contribution is 2.37. The van der Waals surface area contributed by atoms with E-state index in [1.165, 1.54) is 0 Å². The first kappa shape index (κ1) is 29.1. The molecule has 0 radical (unpaired) electrons. The largest absolute Gasteiger partial charge is 0.469 e. The second-order valence-electron chi connectivity index (χ2n) is 9.32. The Balaban J connectivity index is 0.00000544. The van der Waals surface area contributed by atoms with Crippen molar-refractivity contribution in [1.29, 1.82) is 0 Å². The van der Waals surface area contributed by atoms with Gasteiger partial charge in [-0.25, -0.2) is 14.3 Å². The molecule has 0 bridgehead atoms. The first-order valence-corrected chi connectivity index (χ1v) is 12.4. The number of benzene rings is 1. The van der Waals surface area contributed by atoms with Crippen LogP contribution >= 0.6 is 7.82 Å². The Labute approximate surface area is 195 Å². The van der Waals surface area contributed by atoms with E-state index >= 15 is 0 Å². The van der Waals surface area contributed by atoms with Gasteiger partial charge in [0.25, 0.3) is 0 Å². The van der Waals surface area contributed by atoms with Crippen LogP contribution in [0.1, 0.15) is 71.8 Å². The van der Waals surface area contributed by atoms with E-state index in [1.807, 2.05) is 18.2 Å². The number of hydrogen-bond donors (Lipinski definition) is 4. The Morgan fingerprint density at radius 1 is 1.18 bits per heavy atom. The summed E-state index contributed by atoms with van der Waals surface area (Å²) >= 11 is 0. The zero-order valence-electron chi connectivity index (χ0n) is 20.5. The van der Waals surface area contributed by atoms with Gasteiger partial charge in [0, 0.05) is 6.42 Å². The number of amides is 1. The fraction of sp³-hybridized carbons (Fsp3) is 0.636. The number of nitrogens with zero attached hydrogens (tertiary/aromatic N) is 1. The molecular formula is C22H39N3O7P+. The predicted molar refractivity (Wildman–Crippen MR) is 127 cm³/mol. The molecular weight excluding hydrogens is 449 g/mol. The lowest BCUT2D eigenvalue weighted by molar-refractivity contribution is 0.0399. The quantitative estimate of drug-likeness (QED) is 0.245. The number of oxazole rings is 1. The summed E-state index contributed by atoms with van der Waals surface area (Å²) in [6.07, 6.45) is 4.29. The van der Waals surface area contributed by atoms with Crippen LogP contribution in [0, 0.1) is 0 Å². The molecule has 1 atom stereocenters. The van der Waals surface area contributed by atoms with Crippen molar-refractivity contribution in [3.8, 4) is 0 Å². The number of carbonyl (C=O) groups excluding carboxylic acids is 1. The number of nitrogens with one attached hydrogen (secondary N) is 1. The molecule has 0 aliphatic carbocycles. The topological polar surface area (TPSA) is 168 Å². The second kappa shape index (κ2) is 11.9. The molecule has 1 aromatic carbocycles. The van der Waals surface area contributed by atoms with Gasteiger partial charge in [-0.3, -0.25) is 4.52 Å². The first-order valence-electron chi connectivity index (χ1n) is 10.9. The number of fused-ring (bicyclic) bond motifs is 1. The lowest BCUT2D eigenvalue weighted by Crippen LogP contribution is -2.51. The van der Waals surface area contributed by atoms with Crippen molar-refractivity contribution in [2.24, 2.45) is 0 Å². The summed E-state index contributed by atoms with van der Waals surface area (Å²) in [4.78, 5) is 35.1. The van der Waals surface area contributed by atoms with Gasteiger partial charge in [-0.15, -0.1) is 0 Å². The molecule has 1 amide bonds. The van der Waals surface area contributed by atoms with E-state index in [2.05, 4.69) is 17.2 Å². The zero-order valence-corrected chi connectivity index (χ0v) is 21.4. The molecule has 10 nitrogen and oxygen atoms in total. The number of phosphoric acid groups is 1. The van der Waals surface area contributed by atoms with Crippen molar-refractivity contribution < 1.29 is 32.8 Å². The van der Waals surface area contributed by atoms with E-state index in [0.29, 0.717) is 12.8 Å². The zero-order chi connectivity index (χ0) is 24.0. The summed E-state index contributed by atoms with van der Waals surface area (Å²) in [7, 11) is -4.70. The highest BCUT2D eigenvalue weighted by Gasteiger charge is 2.32. The van der Waals surface area contributed by atoms with Gasteiger partial charge in [0.1, 0.15) is 11.1 Å². The van der Waals surface area contributed by atoms with E-state index in [4.69, 9.17) is 23.5 Å². The molecule has 0 saturated heterocycles. The van der Waals surface area contributed by atoms with Crippen molar-refractivity contribution in [3.05, 3.63) is 29.7 Å². The SMILES string of the molecule is CCCCCc1nc2cc(CC[C@](C)(COP(=O)(O)O)NC(=O)OC(C)(C)C)ccc2o1.[NH4+]. The van der Waals surface area contributed by atoms with E-state index < -0.39 is 25.1 Å². The molecule has 0 fully saturated rings. The predicted octanol–water partition coefficient (Wildman–Crippen LogP) is 5.26. The van der Waals surface area contributed by atoms with Crippen LogP contribution in [0.3, 0.4) is 0 Å². The van der Waals surface area contributed by atoms with Gasteiger partial charge >= 0.3 is 13.9 Å². The number of alkyl carbamates (subject to hydrolysis) is 1. The number of unbranched alkanes of at least 4 members (excludes halogenated alkanes) is 2. The first-order chi connectivity index (χ1) is 14.8. The number of ether oxygens (including phenoxy) is 1. The molecule has 0 aliphatic heterocycles. The fourth-order valence-corrected chi connectivity index (χ4v) is 3.63. The molecule has 2 aromatic rings. The van der Waals surface area contributed by atoms with Crippen LogP contribution in [0.15, 0.2) is 22.6 Å². The van der Waals surface area contributed by atoms with Crippen LogP contribution in [0.5, 0.6) is 0 Å². The average molecular weight is 489 g/mol. The number of phosphoric ester groups is 1. The van der Waals surface area contributed by atoms with Crippen LogP contribution < -0.4 is 11.5 Å². The highest BCUT2D eigenvalue weighted by molar-refractivity contribution is 7.46. The number of rotatable bonds is 11. The third-order valence-electron chi connectivity index (χ3n) is 4.81. The average Bonchev–Trinajstić information content (AvgIpc) is 3.05. The fourth-order valence-electron chi connectivity index (χ4n) is 3.18. The lowest BCUT2D eigenvalue weighted by Gasteiger charge is -2.32. The molecule has 33 heavy (non-hydrogen) atoms. The Hall–Kier alpha value is -1.97. The Morgan fingerprint density at radius 3 is 2.48 bits per heavy atom. The molecule has 0 unspecified atom stereocenters. The second-order valence-corrected chi connectivity index (χ2v) is 10.6. The number of carbonyl (C=O) groups is 1. The molecule has 2 rings (SSSR count). The van der Waals surface area contributed by atoms with Crippen LogP contribution in [0.2, 0.25) is 0 Å². The molecule has 0 spiro atoms. The maximum Gasteiger partial charge on any atom is 0.469 e. The summed E-state index contributed by atoms with van der Waals surface area (Å²) in [5.41, 5.74) is 0.677. The smallest absolute Gasteiger partial charge is 0.444 e. The van der Waals surface area contributed by atoms with Gasteiger partial charge in [-0.1, -0.05) is 25.8 Å². The molecule has 1 heterocycles. The minimum absolute atomic E-state index is 0. The monoisotopic (exact) mass is 488 g/mol. The minimum Gasteiger partial charge on any atom is -0.444 e. The molecule has 0 aliphatic rings. The molecule has 7 N–H and O–H groups in total. The third-order valence-corrected chi connectivity index (χ3v) is 5.28. The van der Waals surface area contributed by atoms with Crippen molar-refractivity contribution in [2.45, 2.75) is 84.3 Å². The summed E-state index contributed by atoms with van der Waals surface area (Å²) in [5.74, 6) is 0.720. The van der Waals surface area contributed by atoms with Crippen LogP contribution in [-0.4, -0.2) is 38.6 Å². The van der Waals surface area contributed by atoms with Crippen LogP contribution in [0.4, 0.5) is 4.79 Å². The maximum absolute atomic E-state index is 12.3. The summed E-state index contributed by atoms with van der Waals surface area (Å²) in [6, 6.07) is 5.72. The van der Waals surface area contributed by atoms with Gasteiger partial charge in [0.05, 0.1) is 12.1 Å². The van der Waals surface area contributed by atoms with Crippen molar-refractivity contribution in [3.63, 3.8) is 0 Å². The Morgan fingerprint density at radius 2 is 1.88 bits per heavy atom. The third kappa shape index (κ3) is 10.7. The van der Waals surface area contributed by atoms with Gasteiger partial charge in [0.15, 0.2) is 11.5 Å². The van der Waals surface area contributed by atoms with E-state index in [-0.39, 0.29) is 12.8 Å². The number of aryl methyl sites for hydroxylation is 2. The van der Waals surface area contributed by atoms with E-state index in [1.54, 1.807) is 27.7 Å². The number of quaternary nitrogens is 1. The number of hydrogen-bond acceptors (Lipinski definition) is 6. The standard InChI is InChI=1S/C22H35N2O7P.H3N/c1-6-7-8-9-19-23-17-14-16(10-11-18(17)30-19)12-13-22(5,15-29-32(26,27)28)24-20(25)31-21(2,3)4;/h10-11,14H,6-9,12-13,15H2,1-5H3,(H,24,25)(H2,26,27,28);1H3/p+1/t22-;/m1./s1. The van der Waals surface area contributed by atoms with Gasteiger partial charge < -0.3 is 30.4 Å². The van der Waals surface area contributed by atoms with E-state index in [0.717, 1.165) is 48.2 Å². The van der Waals surface area contributed by atoms with Gasteiger partial charge in [0.2, 0.25) is 0 Å². The summed E-state index contributed by atoms with van der Waals surface area (Å²) in [6.45, 7) is 8.64. The minimum atomic E-state index is -4.70. The van der Waals surface area contributed by atoms with E-state index in [9.17, 15) is 9.36 Å². The molecule has 0 saturated carbocycles. The van der Waals surface area contributed by atoms with Crippen molar-refractivity contribution in [2.75, 3.05) is 6.61 Å². The van der Waals surface area contributed by atoms with Crippen LogP contribution in [0.25, 0.3) is 11.1 Å². The Bertz CT molecular complexity index is 951. The highest BCUT2D eigenvalue weighted by atomic mass is 31.2. The molecule has 11 heteroatoms. The normalized spacial score (nSPS) is 13.9. The maximum atomic E-state index is 12.3. The number of aromatic nitrogens is 1. The van der Waals surface area contributed by atoms with Crippen molar-refractivity contribution in [1.82, 2.24) is 16.5 Å². The van der Waals surface area contributed by atoms with Gasteiger partial charge in [-0.2, -0.15) is 0 Å². The summed E-state index contributed by atoms with van der Waals surface area (Å²) in [5, 5.41) is 2.70. The Kier molecular flexibility index (Phi) is 10.5. The summed E-state index contributed by atoms with van der Waals surface area (Å²) < 4.78 is 27.0.